The molecule has 1 aliphatic rings. The normalized spacial score (nSPS) is 14.4. The average molecular weight is 569 g/mol. The number of hydrogen-bond donors (Lipinski definition) is 2. The van der Waals surface area contributed by atoms with Crippen LogP contribution in [0.4, 0.5) is 32.1 Å². The fourth-order valence-electron chi connectivity index (χ4n) is 4.99. The van der Waals surface area contributed by atoms with E-state index in [1.54, 1.807) is 39.0 Å². The monoisotopic (exact) mass is 568 g/mol. The number of fused-ring (bicyclic) bond motifs is 1. The lowest BCUT2D eigenvalue weighted by atomic mass is 9.89. The van der Waals surface area contributed by atoms with Crippen molar-refractivity contribution in [3.63, 3.8) is 0 Å². The molecule has 2 heterocycles. The largest absolute Gasteiger partial charge is 0.442 e. The number of benzene rings is 3. The molecule has 1 aliphatic heterocycles. The molecule has 9 nitrogen and oxygen atoms in total. The van der Waals surface area contributed by atoms with E-state index in [1.807, 2.05) is 24.3 Å². The molecule has 0 atom stereocenters. The Hall–Kier alpha value is -4.75. The van der Waals surface area contributed by atoms with Gasteiger partial charge < -0.3 is 20.3 Å². The van der Waals surface area contributed by atoms with Gasteiger partial charge in [0.1, 0.15) is 11.4 Å². The number of rotatable bonds is 5. The zero-order chi connectivity index (χ0) is 30.0. The molecule has 1 fully saturated rings. The summed E-state index contributed by atoms with van der Waals surface area (Å²) in [6.07, 6.45) is 1.46. The topological polar surface area (TPSA) is 92.9 Å². The zero-order valence-corrected chi connectivity index (χ0v) is 24.1. The first kappa shape index (κ1) is 28.8. The van der Waals surface area contributed by atoms with Crippen molar-refractivity contribution in [1.82, 2.24) is 14.7 Å². The maximum Gasteiger partial charge on any atom is 0.435 e. The third kappa shape index (κ3) is 6.42. The Balaban J connectivity index is 1.42. The predicted molar refractivity (Wildman–Crippen MR) is 161 cm³/mol. The van der Waals surface area contributed by atoms with Crippen LogP contribution in [0.3, 0.4) is 0 Å². The van der Waals surface area contributed by atoms with Gasteiger partial charge in [0.05, 0.1) is 17.8 Å². The van der Waals surface area contributed by atoms with E-state index in [-0.39, 0.29) is 23.1 Å². The van der Waals surface area contributed by atoms with E-state index in [0.29, 0.717) is 28.1 Å². The molecule has 42 heavy (non-hydrogen) atoms. The molecule has 0 bridgehead atoms. The van der Waals surface area contributed by atoms with Crippen LogP contribution >= 0.6 is 0 Å². The van der Waals surface area contributed by atoms with Crippen molar-refractivity contribution in [3.05, 3.63) is 89.0 Å². The molecule has 3 aromatic carbocycles. The smallest absolute Gasteiger partial charge is 0.435 e. The maximum absolute atomic E-state index is 14.5. The third-order valence-corrected chi connectivity index (χ3v) is 7.20. The number of nitrogens with one attached hydrogen (secondary N) is 2. The van der Waals surface area contributed by atoms with Crippen molar-refractivity contribution in [3.8, 4) is 0 Å². The van der Waals surface area contributed by atoms with Gasteiger partial charge in [-0.3, -0.25) is 4.79 Å². The van der Waals surface area contributed by atoms with Gasteiger partial charge in [-0.05, 0) is 108 Å². The summed E-state index contributed by atoms with van der Waals surface area (Å²) < 4.78 is 21.2. The van der Waals surface area contributed by atoms with Gasteiger partial charge in [-0.2, -0.15) is 4.68 Å². The van der Waals surface area contributed by atoms with Gasteiger partial charge in [-0.15, -0.1) is 5.10 Å². The lowest BCUT2D eigenvalue weighted by Crippen LogP contribution is -2.29. The predicted octanol–water partition coefficient (Wildman–Crippen LogP) is 7.31. The molecule has 0 unspecified atom stereocenters. The average Bonchev–Trinajstić information content (AvgIpc) is 3.31. The highest BCUT2D eigenvalue weighted by Crippen LogP contribution is 2.31. The standard InChI is InChI=1S/C32H33FN6O3/c1-32(2,3)42-31(41)39-28-19-24(35-27-13-11-23(34-4)18-26(27)33)10-12-25(28)29(37-39)36-30(40)22-8-6-20(7-9-22)21-14-16-38(5)17-15-21/h6-13,18-19,21,35H,14-17H2,1-3,5H3,(H,36,37,40). The lowest BCUT2D eigenvalue weighted by Gasteiger charge is -2.29. The second kappa shape index (κ2) is 11.6. The Labute approximate surface area is 244 Å². The van der Waals surface area contributed by atoms with Gasteiger partial charge >= 0.3 is 6.09 Å². The summed E-state index contributed by atoms with van der Waals surface area (Å²) in [5.41, 5.74) is 2.11. The van der Waals surface area contributed by atoms with E-state index < -0.39 is 17.5 Å². The number of aromatic nitrogens is 2. The van der Waals surface area contributed by atoms with Crippen LogP contribution in [0.15, 0.2) is 60.7 Å². The fourth-order valence-corrected chi connectivity index (χ4v) is 4.99. The minimum Gasteiger partial charge on any atom is -0.442 e. The van der Waals surface area contributed by atoms with E-state index in [4.69, 9.17) is 11.3 Å². The van der Waals surface area contributed by atoms with Crippen LogP contribution in [-0.4, -0.2) is 52.4 Å². The minimum absolute atomic E-state index is 0.169. The molecule has 216 valence electrons. The van der Waals surface area contributed by atoms with Crippen LogP contribution in [-0.2, 0) is 4.74 Å². The van der Waals surface area contributed by atoms with E-state index in [2.05, 4.69) is 32.5 Å². The summed E-state index contributed by atoms with van der Waals surface area (Å²) in [5, 5.41) is 10.7. The number of ether oxygens (including phenoxy) is 1. The zero-order valence-electron chi connectivity index (χ0n) is 24.1. The number of hydrogen-bond acceptors (Lipinski definition) is 6. The summed E-state index contributed by atoms with van der Waals surface area (Å²) >= 11 is 0. The van der Waals surface area contributed by atoms with Crippen molar-refractivity contribution >= 4 is 45.8 Å². The second-order valence-electron chi connectivity index (χ2n) is 11.5. The summed E-state index contributed by atoms with van der Waals surface area (Å²) in [6.45, 7) is 14.4. The molecule has 2 N–H and O–H groups in total. The van der Waals surface area contributed by atoms with Crippen molar-refractivity contribution in [2.75, 3.05) is 30.8 Å². The van der Waals surface area contributed by atoms with Gasteiger partial charge in [0.15, 0.2) is 11.5 Å². The van der Waals surface area contributed by atoms with Crippen LogP contribution in [0.5, 0.6) is 0 Å². The van der Waals surface area contributed by atoms with Gasteiger partial charge in [0.2, 0.25) is 0 Å². The molecular formula is C32H33FN6O3. The van der Waals surface area contributed by atoms with E-state index in [9.17, 15) is 14.0 Å². The number of carbonyl (C=O) groups excluding carboxylic acids is 2. The van der Waals surface area contributed by atoms with Crippen molar-refractivity contribution in [2.45, 2.75) is 45.1 Å². The summed E-state index contributed by atoms with van der Waals surface area (Å²) in [7, 11) is 2.13. The molecule has 1 aromatic heterocycles. The third-order valence-electron chi connectivity index (χ3n) is 7.20. The molecule has 4 aromatic rings. The number of piperidine rings is 1. The Morgan fingerprint density at radius 2 is 1.76 bits per heavy atom. The molecule has 10 heteroatoms. The first-order valence-electron chi connectivity index (χ1n) is 13.8. The number of halogens is 1. The van der Waals surface area contributed by atoms with Crippen molar-refractivity contribution in [1.29, 1.82) is 0 Å². The van der Waals surface area contributed by atoms with Crippen LogP contribution in [0.25, 0.3) is 15.7 Å². The summed E-state index contributed by atoms with van der Waals surface area (Å²) in [5.74, 6) is -0.267. The Morgan fingerprint density at radius 1 is 1.05 bits per heavy atom. The molecule has 1 saturated heterocycles. The van der Waals surface area contributed by atoms with Gasteiger partial charge in [0, 0.05) is 16.6 Å². The molecule has 0 saturated carbocycles. The molecule has 0 aliphatic carbocycles. The number of carbonyl (C=O) groups is 2. The molecule has 5 rings (SSSR count). The van der Waals surface area contributed by atoms with Crippen LogP contribution < -0.4 is 10.6 Å². The first-order valence-corrected chi connectivity index (χ1v) is 13.8. The van der Waals surface area contributed by atoms with Crippen LogP contribution in [0.2, 0.25) is 0 Å². The number of likely N-dealkylation sites (tertiary alicyclic amines) is 1. The van der Waals surface area contributed by atoms with Crippen LogP contribution in [0, 0.1) is 12.4 Å². The van der Waals surface area contributed by atoms with Gasteiger partial charge in [0.25, 0.3) is 5.91 Å². The van der Waals surface area contributed by atoms with E-state index in [0.717, 1.165) is 36.7 Å². The van der Waals surface area contributed by atoms with Gasteiger partial charge in [-0.1, -0.05) is 18.2 Å². The number of amides is 1. The van der Waals surface area contributed by atoms with E-state index >= 15 is 0 Å². The Morgan fingerprint density at radius 3 is 2.40 bits per heavy atom. The lowest BCUT2D eigenvalue weighted by molar-refractivity contribution is 0.0522. The highest BCUT2D eigenvalue weighted by Gasteiger charge is 2.24. The summed E-state index contributed by atoms with van der Waals surface area (Å²) in [6, 6.07) is 16.8. The molecular weight excluding hydrogens is 535 g/mol. The highest BCUT2D eigenvalue weighted by atomic mass is 19.1. The maximum atomic E-state index is 14.5. The number of anilines is 3. The SMILES string of the molecule is [C-]#[N+]c1ccc(Nc2ccc3c(NC(=O)c4ccc(C5CCN(C)CC5)cc4)nn(C(=O)OC(C)(C)C)c3c2)c(F)c1. The second-order valence-corrected chi connectivity index (χ2v) is 11.5. The Bertz CT molecular complexity index is 1680. The minimum atomic E-state index is -0.780. The molecule has 0 radical (unpaired) electrons. The fraction of sp³-hybridized carbons (Fsp3) is 0.312. The van der Waals surface area contributed by atoms with Gasteiger partial charge in [-0.25, -0.2) is 14.0 Å². The van der Waals surface area contributed by atoms with Crippen molar-refractivity contribution in [2.24, 2.45) is 0 Å². The Kier molecular flexibility index (Phi) is 7.96. The molecule has 1 amide bonds. The number of nitrogens with zero attached hydrogens (tertiary/aromatic N) is 4. The highest BCUT2D eigenvalue weighted by molar-refractivity contribution is 6.09. The summed E-state index contributed by atoms with van der Waals surface area (Å²) in [4.78, 5) is 31.9. The van der Waals surface area contributed by atoms with Crippen LogP contribution in [0.1, 0.15) is 55.5 Å². The molecule has 0 spiro atoms. The quantitative estimate of drug-likeness (QED) is 0.245. The first-order chi connectivity index (χ1) is 20.0. The van der Waals surface area contributed by atoms with E-state index in [1.165, 1.54) is 17.7 Å². The van der Waals surface area contributed by atoms with Crippen molar-refractivity contribution < 1.29 is 18.7 Å².